The van der Waals surface area contributed by atoms with Crippen LogP contribution in [0.15, 0.2) is 54.6 Å². The number of hydrogen-bond donors (Lipinski definition) is 1. The lowest BCUT2D eigenvalue weighted by Crippen LogP contribution is -2.42. The van der Waals surface area contributed by atoms with E-state index in [1.807, 2.05) is 12.1 Å². The molecule has 1 heterocycles. The Morgan fingerprint density at radius 1 is 1.00 bits per heavy atom. The van der Waals surface area contributed by atoms with Crippen molar-refractivity contribution in [3.05, 3.63) is 60.2 Å². The average Bonchev–Trinajstić information content (AvgIpc) is 2.67. The SMILES string of the molecule is COc1ccc(N2CCC(NCCCc3ccccc3)CC2)cc1. The van der Waals surface area contributed by atoms with E-state index < -0.39 is 0 Å². The molecule has 0 bridgehead atoms. The van der Waals surface area contributed by atoms with Crippen molar-refractivity contribution < 1.29 is 4.74 Å². The van der Waals surface area contributed by atoms with Crippen LogP contribution in [-0.4, -0.2) is 32.8 Å². The quantitative estimate of drug-likeness (QED) is 0.782. The lowest BCUT2D eigenvalue weighted by atomic mass is 10.0. The van der Waals surface area contributed by atoms with E-state index in [0.717, 1.165) is 25.4 Å². The van der Waals surface area contributed by atoms with Crippen molar-refractivity contribution >= 4 is 5.69 Å². The van der Waals surface area contributed by atoms with E-state index in [1.54, 1.807) is 7.11 Å². The van der Waals surface area contributed by atoms with Gasteiger partial charge in [0.1, 0.15) is 5.75 Å². The molecule has 1 aliphatic heterocycles. The van der Waals surface area contributed by atoms with Crippen LogP contribution in [0, 0.1) is 0 Å². The van der Waals surface area contributed by atoms with E-state index in [-0.39, 0.29) is 0 Å². The summed E-state index contributed by atoms with van der Waals surface area (Å²) < 4.78 is 5.23. The second-order valence-corrected chi connectivity index (χ2v) is 6.50. The number of nitrogens with zero attached hydrogens (tertiary/aromatic N) is 1. The van der Waals surface area contributed by atoms with E-state index in [1.165, 1.54) is 36.9 Å². The van der Waals surface area contributed by atoms with Crippen molar-refractivity contribution in [3.8, 4) is 5.75 Å². The summed E-state index contributed by atoms with van der Waals surface area (Å²) in [6, 6.07) is 19.8. The Kier molecular flexibility index (Phi) is 6.13. The Morgan fingerprint density at radius 2 is 1.71 bits per heavy atom. The van der Waals surface area contributed by atoms with Gasteiger partial charge >= 0.3 is 0 Å². The van der Waals surface area contributed by atoms with Crippen molar-refractivity contribution in [1.82, 2.24) is 5.32 Å². The van der Waals surface area contributed by atoms with Gasteiger partial charge in [-0.05, 0) is 62.1 Å². The first-order valence-electron chi connectivity index (χ1n) is 9.01. The standard InChI is InChI=1S/C21H28N2O/c1-24-21-11-9-20(10-12-21)23-16-13-19(14-17-23)22-15-5-8-18-6-3-2-4-7-18/h2-4,6-7,9-12,19,22H,5,8,13-17H2,1H3. The summed E-state index contributed by atoms with van der Waals surface area (Å²) in [6.45, 7) is 3.37. The minimum Gasteiger partial charge on any atom is -0.497 e. The molecule has 0 atom stereocenters. The number of rotatable bonds is 7. The second kappa shape index (κ2) is 8.74. The Morgan fingerprint density at radius 3 is 2.38 bits per heavy atom. The topological polar surface area (TPSA) is 24.5 Å². The third-order valence-corrected chi connectivity index (χ3v) is 4.85. The van der Waals surface area contributed by atoms with Crippen molar-refractivity contribution in [2.24, 2.45) is 0 Å². The highest BCUT2D eigenvalue weighted by Crippen LogP contribution is 2.22. The predicted octanol–water partition coefficient (Wildman–Crippen LogP) is 3.89. The minimum absolute atomic E-state index is 0.662. The van der Waals surface area contributed by atoms with Gasteiger partial charge in [0.25, 0.3) is 0 Å². The van der Waals surface area contributed by atoms with Gasteiger partial charge in [0.2, 0.25) is 0 Å². The highest BCUT2D eigenvalue weighted by molar-refractivity contribution is 5.49. The fraction of sp³-hybridized carbons (Fsp3) is 0.429. The number of hydrogen-bond acceptors (Lipinski definition) is 3. The van der Waals surface area contributed by atoms with Crippen LogP contribution in [0.4, 0.5) is 5.69 Å². The molecule has 3 rings (SSSR count). The molecule has 0 spiro atoms. The smallest absolute Gasteiger partial charge is 0.119 e. The van der Waals surface area contributed by atoms with E-state index in [9.17, 15) is 0 Å². The van der Waals surface area contributed by atoms with Gasteiger partial charge in [-0.1, -0.05) is 30.3 Å². The van der Waals surface area contributed by atoms with Gasteiger partial charge in [0.05, 0.1) is 7.11 Å². The lowest BCUT2D eigenvalue weighted by molar-refractivity contribution is 0.410. The summed E-state index contributed by atoms with van der Waals surface area (Å²) in [5, 5.41) is 3.74. The normalized spacial score (nSPS) is 15.5. The first kappa shape index (κ1) is 16.8. The summed E-state index contributed by atoms with van der Waals surface area (Å²) in [7, 11) is 1.71. The fourth-order valence-corrected chi connectivity index (χ4v) is 3.38. The molecule has 1 aliphatic rings. The highest BCUT2D eigenvalue weighted by atomic mass is 16.5. The van der Waals surface area contributed by atoms with Gasteiger partial charge in [-0.2, -0.15) is 0 Å². The largest absolute Gasteiger partial charge is 0.497 e. The predicted molar refractivity (Wildman–Crippen MR) is 101 cm³/mol. The van der Waals surface area contributed by atoms with E-state index >= 15 is 0 Å². The molecule has 3 nitrogen and oxygen atoms in total. The number of aryl methyl sites for hydroxylation is 1. The van der Waals surface area contributed by atoms with Gasteiger partial charge in [0, 0.05) is 24.8 Å². The van der Waals surface area contributed by atoms with Crippen molar-refractivity contribution in [1.29, 1.82) is 0 Å². The van der Waals surface area contributed by atoms with Gasteiger partial charge in [-0.3, -0.25) is 0 Å². The zero-order valence-corrected chi connectivity index (χ0v) is 14.6. The van der Waals surface area contributed by atoms with E-state index in [2.05, 4.69) is 52.7 Å². The molecule has 24 heavy (non-hydrogen) atoms. The average molecular weight is 324 g/mol. The number of methoxy groups -OCH3 is 1. The van der Waals surface area contributed by atoms with Crippen molar-refractivity contribution in [3.63, 3.8) is 0 Å². The molecule has 3 heteroatoms. The maximum absolute atomic E-state index is 5.23. The Hall–Kier alpha value is -2.00. The second-order valence-electron chi connectivity index (χ2n) is 6.50. The summed E-state index contributed by atoms with van der Waals surface area (Å²) in [4.78, 5) is 2.47. The molecule has 1 fully saturated rings. The molecule has 1 saturated heterocycles. The summed E-state index contributed by atoms with van der Waals surface area (Å²) in [5.41, 5.74) is 2.74. The third kappa shape index (κ3) is 4.75. The molecule has 2 aromatic rings. The van der Waals surface area contributed by atoms with Gasteiger partial charge in [0.15, 0.2) is 0 Å². The van der Waals surface area contributed by atoms with Crippen molar-refractivity contribution in [2.75, 3.05) is 31.6 Å². The number of nitrogens with one attached hydrogen (secondary N) is 1. The zero-order valence-electron chi connectivity index (χ0n) is 14.6. The highest BCUT2D eigenvalue weighted by Gasteiger charge is 2.18. The first-order valence-corrected chi connectivity index (χ1v) is 9.01. The van der Waals surface area contributed by atoms with Crippen LogP contribution in [0.25, 0.3) is 0 Å². The van der Waals surface area contributed by atoms with Gasteiger partial charge in [-0.25, -0.2) is 0 Å². The molecule has 0 amide bonds. The fourth-order valence-electron chi connectivity index (χ4n) is 3.38. The van der Waals surface area contributed by atoms with Crippen LogP contribution in [0.3, 0.4) is 0 Å². The molecule has 1 N–H and O–H groups in total. The molecule has 0 aromatic heterocycles. The molecule has 0 radical (unpaired) electrons. The molecule has 128 valence electrons. The molecule has 0 unspecified atom stereocenters. The number of anilines is 1. The molecule has 0 saturated carbocycles. The van der Waals surface area contributed by atoms with Crippen LogP contribution >= 0.6 is 0 Å². The van der Waals surface area contributed by atoms with Crippen LogP contribution < -0.4 is 15.0 Å². The molecule has 0 aliphatic carbocycles. The van der Waals surface area contributed by atoms with Crippen LogP contribution in [0.2, 0.25) is 0 Å². The van der Waals surface area contributed by atoms with Crippen LogP contribution in [0.1, 0.15) is 24.8 Å². The van der Waals surface area contributed by atoms with E-state index in [4.69, 9.17) is 4.74 Å². The zero-order chi connectivity index (χ0) is 16.6. The molecular weight excluding hydrogens is 296 g/mol. The molecule has 2 aromatic carbocycles. The third-order valence-electron chi connectivity index (χ3n) is 4.85. The summed E-state index contributed by atoms with van der Waals surface area (Å²) in [5.74, 6) is 0.925. The lowest BCUT2D eigenvalue weighted by Gasteiger charge is -2.34. The Balaban J connectivity index is 1.36. The van der Waals surface area contributed by atoms with Gasteiger partial charge < -0.3 is 15.0 Å². The van der Waals surface area contributed by atoms with Gasteiger partial charge in [-0.15, -0.1) is 0 Å². The monoisotopic (exact) mass is 324 g/mol. The number of piperidine rings is 1. The maximum atomic E-state index is 5.23. The Bertz CT molecular complexity index is 589. The van der Waals surface area contributed by atoms with Crippen LogP contribution in [0.5, 0.6) is 5.75 Å². The van der Waals surface area contributed by atoms with E-state index in [0.29, 0.717) is 6.04 Å². The summed E-state index contributed by atoms with van der Waals surface area (Å²) >= 11 is 0. The van der Waals surface area contributed by atoms with Crippen molar-refractivity contribution in [2.45, 2.75) is 31.7 Å². The molecular formula is C21H28N2O. The summed E-state index contributed by atoms with van der Waals surface area (Å²) in [6.07, 6.45) is 4.82. The van der Waals surface area contributed by atoms with Crippen LogP contribution in [-0.2, 0) is 6.42 Å². The minimum atomic E-state index is 0.662. The first-order chi connectivity index (χ1) is 11.8. The maximum Gasteiger partial charge on any atom is 0.119 e. The number of ether oxygens (including phenoxy) is 1. The Labute approximate surface area is 145 Å². The number of benzene rings is 2.